The van der Waals surface area contributed by atoms with Gasteiger partial charge in [0.05, 0.1) is 12.3 Å². The highest BCUT2D eigenvalue weighted by Crippen LogP contribution is 2.46. The molecule has 0 unspecified atom stereocenters. The monoisotopic (exact) mass is 659 g/mol. The van der Waals surface area contributed by atoms with Crippen LogP contribution in [0, 0.1) is 0 Å². The summed E-state index contributed by atoms with van der Waals surface area (Å²) >= 11 is 0. The summed E-state index contributed by atoms with van der Waals surface area (Å²) in [6, 6.07) is 19.1. The van der Waals surface area contributed by atoms with Gasteiger partial charge in [0.1, 0.15) is 11.3 Å². The quantitative estimate of drug-likeness (QED) is 0.130. The predicted molar refractivity (Wildman–Crippen MR) is 193 cm³/mol. The SMILES string of the molecule is CCOC(=O)/C=C/c1ccc(NC(=O)C2(NC(=O)c3ccc4c(C5CCCCC5)c5n(c4c3)CCCc3cc(O)ccc3-5)CCCC2)cc1. The largest absolute Gasteiger partial charge is 0.508 e. The van der Waals surface area contributed by atoms with Crippen molar-refractivity contribution < 1.29 is 24.2 Å². The number of benzene rings is 3. The number of nitrogens with zero attached hydrogens (tertiary/aromatic N) is 1. The lowest BCUT2D eigenvalue weighted by molar-refractivity contribution is -0.137. The second-order valence-electron chi connectivity index (χ2n) is 13.8. The van der Waals surface area contributed by atoms with Crippen LogP contribution in [0.4, 0.5) is 5.69 Å². The third kappa shape index (κ3) is 6.61. The first-order chi connectivity index (χ1) is 23.8. The van der Waals surface area contributed by atoms with Crippen molar-refractivity contribution in [1.29, 1.82) is 0 Å². The number of esters is 1. The molecule has 0 bridgehead atoms. The lowest BCUT2D eigenvalue weighted by Gasteiger charge is -2.29. The molecule has 254 valence electrons. The normalized spacial score (nSPS) is 17.3. The standard InChI is InChI=1S/C41H45N3O5/c1-2-49-36(46)21-14-27-12-16-31(17-13-27)42-40(48)41(22-6-7-23-41)43-39(47)30-15-19-34-35(26-30)44-24-8-11-29-25-32(45)18-20-33(29)38(44)37(34)28-9-4-3-5-10-28/h12-21,25-26,28,45H,2-11,22-24H2,1H3,(H,42,48)(H,43,47)/b21-14+. The first kappa shape index (κ1) is 32.7. The van der Waals surface area contributed by atoms with Crippen molar-refractivity contribution in [1.82, 2.24) is 9.88 Å². The lowest BCUT2D eigenvalue weighted by atomic mass is 9.81. The van der Waals surface area contributed by atoms with Crippen LogP contribution in [0.1, 0.15) is 104 Å². The summed E-state index contributed by atoms with van der Waals surface area (Å²) in [5, 5.41) is 17.7. The van der Waals surface area contributed by atoms with Gasteiger partial charge in [-0.05, 0) is 117 Å². The number of rotatable bonds is 8. The van der Waals surface area contributed by atoms with E-state index in [2.05, 4.69) is 27.3 Å². The number of anilines is 1. The molecule has 4 aromatic rings. The molecular formula is C41H45N3O5. The molecule has 8 nitrogen and oxygen atoms in total. The van der Waals surface area contributed by atoms with Crippen LogP contribution >= 0.6 is 0 Å². The number of fused-ring (bicyclic) bond motifs is 5. The van der Waals surface area contributed by atoms with E-state index < -0.39 is 11.5 Å². The Balaban J connectivity index is 1.17. The zero-order chi connectivity index (χ0) is 34.0. The van der Waals surface area contributed by atoms with Gasteiger partial charge in [0.2, 0.25) is 5.91 Å². The van der Waals surface area contributed by atoms with Crippen molar-refractivity contribution in [2.45, 2.75) is 95.6 Å². The van der Waals surface area contributed by atoms with Gasteiger partial charge in [-0.15, -0.1) is 0 Å². The van der Waals surface area contributed by atoms with E-state index in [9.17, 15) is 19.5 Å². The van der Waals surface area contributed by atoms with E-state index in [1.807, 2.05) is 30.3 Å². The topological polar surface area (TPSA) is 110 Å². The Kier molecular flexibility index (Phi) is 9.30. The second-order valence-corrected chi connectivity index (χ2v) is 13.8. The highest BCUT2D eigenvalue weighted by atomic mass is 16.5. The fraction of sp³-hybridized carbons (Fsp3) is 0.390. The van der Waals surface area contributed by atoms with Gasteiger partial charge in [-0.25, -0.2) is 4.79 Å². The van der Waals surface area contributed by atoms with Crippen LogP contribution in [0.5, 0.6) is 5.75 Å². The molecule has 2 heterocycles. The van der Waals surface area contributed by atoms with Crippen LogP contribution in [-0.2, 0) is 27.3 Å². The van der Waals surface area contributed by atoms with Crippen LogP contribution in [0.3, 0.4) is 0 Å². The van der Waals surface area contributed by atoms with Gasteiger partial charge in [-0.3, -0.25) is 9.59 Å². The molecular weight excluding hydrogens is 614 g/mol. The highest BCUT2D eigenvalue weighted by Gasteiger charge is 2.43. The number of ether oxygens (including phenoxy) is 1. The van der Waals surface area contributed by atoms with Crippen molar-refractivity contribution in [3.8, 4) is 17.0 Å². The number of hydrogen-bond acceptors (Lipinski definition) is 5. The molecule has 1 aliphatic heterocycles. The summed E-state index contributed by atoms with van der Waals surface area (Å²) < 4.78 is 7.34. The van der Waals surface area contributed by atoms with Crippen LogP contribution in [0.2, 0.25) is 0 Å². The number of nitrogens with one attached hydrogen (secondary N) is 2. The fourth-order valence-corrected chi connectivity index (χ4v) is 8.25. The Morgan fingerprint density at radius 2 is 1.71 bits per heavy atom. The Morgan fingerprint density at radius 3 is 2.47 bits per heavy atom. The number of carbonyl (C=O) groups is 3. The van der Waals surface area contributed by atoms with Gasteiger partial charge >= 0.3 is 5.97 Å². The van der Waals surface area contributed by atoms with Crippen molar-refractivity contribution in [2.75, 3.05) is 11.9 Å². The molecule has 2 saturated carbocycles. The van der Waals surface area contributed by atoms with Crippen LogP contribution in [0.15, 0.2) is 66.7 Å². The first-order valence-corrected chi connectivity index (χ1v) is 17.9. The molecule has 2 fully saturated rings. The van der Waals surface area contributed by atoms with E-state index in [1.54, 1.807) is 31.2 Å². The van der Waals surface area contributed by atoms with E-state index in [0.717, 1.165) is 56.1 Å². The zero-order valence-corrected chi connectivity index (χ0v) is 28.2. The Bertz CT molecular complexity index is 1910. The molecule has 0 saturated heterocycles. The summed E-state index contributed by atoms with van der Waals surface area (Å²) in [5.74, 6) is -0.106. The molecule has 8 heteroatoms. The number of phenolic OH excluding ortho intramolecular Hbond substituents is 1. The van der Waals surface area contributed by atoms with Gasteiger partial charge in [0.15, 0.2) is 0 Å². The van der Waals surface area contributed by atoms with Crippen LogP contribution in [0.25, 0.3) is 28.2 Å². The van der Waals surface area contributed by atoms with E-state index in [1.165, 1.54) is 53.1 Å². The lowest BCUT2D eigenvalue weighted by Crippen LogP contribution is -2.55. The number of amides is 2. The highest BCUT2D eigenvalue weighted by molar-refractivity contribution is 6.06. The van der Waals surface area contributed by atoms with Gasteiger partial charge in [0.25, 0.3) is 5.91 Å². The molecule has 49 heavy (non-hydrogen) atoms. The number of aromatic hydroxyl groups is 1. The van der Waals surface area contributed by atoms with E-state index >= 15 is 0 Å². The first-order valence-electron chi connectivity index (χ1n) is 17.9. The molecule has 1 aromatic heterocycles. The predicted octanol–water partition coefficient (Wildman–Crippen LogP) is 8.27. The minimum Gasteiger partial charge on any atom is -0.508 e. The molecule has 2 aliphatic carbocycles. The summed E-state index contributed by atoms with van der Waals surface area (Å²) in [7, 11) is 0. The molecule has 0 radical (unpaired) electrons. The third-order valence-electron chi connectivity index (χ3n) is 10.7. The smallest absolute Gasteiger partial charge is 0.330 e. The molecule has 2 amide bonds. The minimum atomic E-state index is -1.00. The van der Waals surface area contributed by atoms with Gasteiger partial charge < -0.3 is 25.0 Å². The Labute approximate surface area is 287 Å². The number of hydrogen-bond donors (Lipinski definition) is 3. The van der Waals surface area contributed by atoms with Gasteiger partial charge in [-0.1, -0.05) is 50.3 Å². The second kappa shape index (κ2) is 13.9. The van der Waals surface area contributed by atoms with Crippen molar-refractivity contribution >= 4 is 40.4 Å². The van der Waals surface area contributed by atoms with Crippen LogP contribution in [-0.4, -0.2) is 39.6 Å². The number of aromatic nitrogens is 1. The maximum Gasteiger partial charge on any atom is 0.330 e. The maximum atomic E-state index is 14.0. The van der Waals surface area contributed by atoms with Gasteiger partial charge in [0, 0.05) is 40.3 Å². The van der Waals surface area contributed by atoms with Crippen molar-refractivity contribution in [3.63, 3.8) is 0 Å². The molecule has 3 aliphatic rings. The average Bonchev–Trinajstić information content (AvgIpc) is 3.66. The van der Waals surface area contributed by atoms with Crippen molar-refractivity contribution in [2.24, 2.45) is 0 Å². The average molecular weight is 660 g/mol. The summed E-state index contributed by atoms with van der Waals surface area (Å²) in [4.78, 5) is 39.5. The number of phenols is 1. The van der Waals surface area contributed by atoms with E-state index in [4.69, 9.17) is 4.74 Å². The van der Waals surface area contributed by atoms with Crippen molar-refractivity contribution in [3.05, 3.63) is 89.0 Å². The molecule has 3 aromatic carbocycles. The Morgan fingerprint density at radius 1 is 0.939 bits per heavy atom. The summed E-state index contributed by atoms with van der Waals surface area (Å²) in [6.45, 7) is 2.92. The van der Waals surface area contributed by atoms with E-state index in [0.29, 0.717) is 42.4 Å². The summed E-state index contributed by atoms with van der Waals surface area (Å²) in [5.41, 5.74) is 7.02. The zero-order valence-electron chi connectivity index (χ0n) is 28.2. The molecule has 7 rings (SSSR count). The maximum absolute atomic E-state index is 14.0. The summed E-state index contributed by atoms with van der Waals surface area (Å²) in [6.07, 6.45) is 13.8. The molecule has 0 atom stereocenters. The number of carbonyl (C=O) groups excluding carboxylic acids is 3. The Hall–Kier alpha value is -4.85. The van der Waals surface area contributed by atoms with Crippen LogP contribution < -0.4 is 10.6 Å². The molecule has 0 spiro atoms. The minimum absolute atomic E-state index is 0.217. The fourth-order valence-electron chi connectivity index (χ4n) is 8.25. The number of aryl methyl sites for hydroxylation is 2. The third-order valence-corrected chi connectivity index (χ3v) is 10.7. The van der Waals surface area contributed by atoms with Gasteiger partial charge in [-0.2, -0.15) is 0 Å². The van der Waals surface area contributed by atoms with E-state index in [-0.39, 0.29) is 11.8 Å². The molecule has 3 N–H and O–H groups in total.